The van der Waals surface area contributed by atoms with E-state index in [1.807, 2.05) is 51.3 Å². The Morgan fingerprint density at radius 2 is 1.57 bits per heavy atom. The third-order valence-corrected chi connectivity index (χ3v) is 9.00. The molecule has 0 aromatic heterocycles. The second kappa shape index (κ2) is 14.2. The van der Waals surface area contributed by atoms with Crippen LogP contribution in [0.4, 0.5) is 5.69 Å². The monoisotopic (exact) mass is 583 g/mol. The van der Waals surface area contributed by atoms with Crippen molar-refractivity contribution in [1.82, 2.24) is 10.2 Å². The topological polar surface area (TPSA) is 96.0 Å². The fourth-order valence-corrected chi connectivity index (χ4v) is 6.08. The highest BCUT2D eigenvalue weighted by Crippen LogP contribution is 2.28. The van der Waals surface area contributed by atoms with Gasteiger partial charge in [-0.05, 0) is 80.6 Å². The Morgan fingerprint density at radius 3 is 2.10 bits per heavy atom. The third-order valence-electron chi connectivity index (χ3n) is 6.47. The number of aryl methyl sites for hydroxylation is 1. The molecule has 1 atom stereocenters. The van der Waals surface area contributed by atoms with E-state index in [1.54, 1.807) is 36.4 Å². The minimum atomic E-state index is -4.13. The van der Waals surface area contributed by atoms with Crippen LogP contribution in [0.15, 0.2) is 82.6 Å². The SMILES string of the molecule is CCOc1ccc(N(CC(=O)N(Cc2ccc(C)cc2)[C@H](CC)C(=O)NC)S(=O)(=O)c2ccc(SC)cc2)cc1. The molecule has 0 heterocycles. The minimum absolute atomic E-state index is 0.0652. The molecule has 0 saturated heterocycles. The predicted octanol–water partition coefficient (Wildman–Crippen LogP) is 4.86. The number of likely N-dealkylation sites (N-methyl/N-ethyl adjacent to an activating group) is 1. The van der Waals surface area contributed by atoms with Crippen molar-refractivity contribution in [3.8, 4) is 5.75 Å². The Balaban J connectivity index is 2.05. The number of hydrogen-bond acceptors (Lipinski definition) is 6. The highest BCUT2D eigenvalue weighted by Gasteiger charge is 2.33. The number of hydrogen-bond donors (Lipinski definition) is 1. The Hall–Kier alpha value is -3.50. The van der Waals surface area contributed by atoms with Gasteiger partial charge in [0.2, 0.25) is 11.8 Å². The maximum absolute atomic E-state index is 14.0. The number of amides is 2. The van der Waals surface area contributed by atoms with Crippen LogP contribution >= 0.6 is 11.8 Å². The summed E-state index contributed by atoms with van der Waals surface area (Å²) in [6.45, 7) is 5.79. The number of rotatable bonds is 13. The molecule has 2 amide bonds. The summed E-state index contributed by atoms with van der Waals surface area (Å²) in [5, 5.41) is 2.64. The van der Waals surface area contributed by atoms with Gasteiger partial charge >= 0.3 is 0 Å². The van der Waals surface area contributed by atoms with Gasteiger partial charge in [0.15, 0.2) is 0 Å². The van der Waals surface area contributed by atoms with Crippen molar-refractivity contribution in [3.05, 3.63) is 83.9 Å². The zero-order valence-electron chi connectivity index (χ0n) is 23.6. The smallest absolute Gasteiger partial charge is 0.264 e. The molecule has 3 aromatic carbocycles. The van der Waals surface area contributed by atoms with Crippen LogP contribution in [-0.4, -0.2) is 57.6 Å². The van der Waals surface area contributed by atoms with E-state index in [0.717, 1.165) is 20.3 Å². The molecule has 0 aliphatic heterocycles. The van der Waals surface area contributed by atoms with Crippen molar-refractivity contribution < 1.29 is 22.7 Å². The first-order chi connectivity index (χ1) is 19.1. The van der Waals surface area contributed by atoms with Crippen LogP contribution in [-0.2, 0) is 26.2 Å². The lowest BCUT2D eigenvalue weighted by Gasteiger charge is -2.33. The molecule has 214 valence electrons. The summed E-state index contributed by atoms with van der Waals surface area (Å²) in [6.07, 6.45) is 2.27. The lowest BCUT2D eigenvalue weighted by molar-refractivity contribution is -0.140. The number of sulfonamides is 1. The van der Waals surface area contributed by atoms with Crippen LogP contribution in [0.5, 0.6) is 5.75 Å². The molecule has 0 aliphatic rings. The van der Waals surface area contributed by atoms with Crippen molar-refractivity contribution in [2.75, 3.05) is 30.8 Å². The highest BCUT2D eigenvalue weighted by molar-refractivity contribution is 7.98. The molecule has 8 nitrogen and oxygen atoms in total. The second-order valence-electron chi connectivity index (χ2n) is 9.16. The predicted molar refractivity (Wildman–Crippen MR) is 160 cm³/mol. The average Bonchev–Trinajstić information content (AvgIpc) is 2.97. The summed E-state index contributed by atoms with van der Waals surface area (Å²) in [6, 6.07) is 20.0. The molecule has 10 heteroatoms. The van der Waals surface area contributed by atoms with Crippen molar-refractivity contribution in [2.24, 2.45) is 0 Å². The number of nitrogens with zero attached hydrogens (tertiary/aromatic N) is 2. The van der Waals surface area contributed by atoms with Crippen molar-refractivity contribution in [3.63, 3.8) is 0 Å². The van der Waals surface area contributed by atoms with Gasteiger partial charge in [-0.2, -0.15) is 0 Å². The Labute approximate surface area is 241 Å². The van der Waals surface area contributed by atoms with E-state index in [4.69, 9.17) is 4.74 Å². The summed E-state index contributed by atoms with van der Waals surface area (Å²) in [4.78, 5) is 29.2. The van der Waals surface area contributed by atoms with Crippen LogP contribution in [0.3, 0.4) is 0 Å². The van der Waals surface area contributed by atoms with Gasteiger partial charge in [-0.3, -0.25) is 13.9 Å². The van der Waals surface area contributed by atoms with Crippen LogP contribution < -0.4 is 14.4 Å². The molecular weight excluding hydrogens is 546 g/mol. The molecule has 0 radical (unpaired) electrons. The first-order valence-electron chi connectivity index (χ1n) is 13.1. The van der Waals surface area contributed by atoms with Crippen LogP contribution in [0.25, 0.3) is 0 Å². The molecule has 0 bridgehead atoms. The number of anilines is 1. The van der Waals surface area contributed by atoms with Gasteiger partial charge in [0.25, 0.3) is 10.0 Å². The Bertz CT molecular complexity index is 1380. The van der Waals surface area contributed by atoms with Gasteiger partial charge in [-0.25, -0.2) is 8.42 Å². The van der Waals surface area contributed by atoms with E-state index in [-0.39, 0.29) is 17.3 Å². The van der Waals surface area contributed by atoms with Gasteiger partial charge in [0.05, 0.1) is 17.2 Å². The normalized spacial score (nSPS) is 11.9. The zero-order chi connectivity index (χ0) is 29.3. The maximum Gasteiger partial charge on any atom is 0.264 e. The maximum atomic E-state index is 14.0. The average molecular weight is 584 g/mol. The Kier molecular flexibility index (Phi) is 11.0. The molecule has 0 fully saturated rings. The summed E-state index contributed by atoms with van der Waals surface area (Å²) in [5.41, 5.74) is 2.22. The van der Waals surface area contributed by atoms with E-state index >= 15 is 0 Å². The van der Waals surface area contributed by atoms with Gasteiger partial charge in [0, 0.05) is 18.5 Å². The quantitative estimate of drug-likeness (QED) is 0.289. The molecule has 3 aromatic rings. The zero-order valence-corrected chi connectivity index (χ0v) is 25.2. The summed E-state index contributed by atoms with van der Waals surface area (Å²) >= 11 is 1.50. The molecule has 0 unspecified atom stereocenters. The molecule has 3 rings (SSSR count). The number of carbonyl (C=O) groups is 2. The van der Waals surface area contributed by atoms with E-state index < -0.39 is 28.5 Å². The van der Waals surface area contributed by atoms with Crippen molar-refractivity contribution in [2.45, 2.75) is 49.6 Å². The number of nitrogens with one attached hydrogen (secondary N) is 1. The number of carbonyl (C=O) groups excluding carboxylic acids is 2. The summed E-state index contributed by atoms with van der Waals surface area (Å²) < 4.78 is 34.5. The molecular formula is C30H37N3O5S2. The number of benzene rings is 3. The summed E-state index contributed by atoms with van der Waals surface area (Å²) in [5.74, 6) is -0.216. The van der Waals surface area contributed by atoms with Crippen molar-refractivity contribution >= 4 is 39.3 Å². The van der Waals surface area contributed by atoms with Gasteiger partial charge in [-0.1, -0.05) is 36.8 Å². The highest BCUT2D eigenvalue weighted by atomic mass is 32.2. The van der Waals surface area contributed by atoms with Crippen LogP contribution in [0, 0.1) is 6.92 Å². The van der Waals surface area contributed by atoms with Crippen LogP contribution in [0.1, 0.15) is 31.4 Å². The lowest BCUT2D eigenvalue weighted by Crippen LogP contribution is -2.51. The first kappa shape index (κ1) is 31.0. The number of ether oxygens (including phenoxy) is 1. The van der Waals surface area contributed by atoms with E-state index in [0.29, 0.717) is 24.5 Å². The standard InChI is InChI=1S/C30H37N3O5S2/c1-6-28(30(35)31-4)32(20-23-10-8-22(3)9-11-23)29(34)21-33(24-12-14-25(15-13-24)38-7-2)40(36,37)27-18-16-26(39-5)17-19-27/h8-19,28H,6-7,20-21H2,1-5H3,(H,31,35)/t28-/m1/s1. The minimum Gasteiger partial charge on any atom is -0.494 e. The molecule has 0 saturated carbocycles. The second-order valence-corrected chi connectivity index (χ2v) is 11.9. The van der Waals surface area contributed by atoms with Gasteiger partial charge in [0.1, 0.15) is 18.3 Å². The lowest BCUT2D eigenvalue weighted by atomic mass is 10.1. The molecule has 0 aliphatic carbocycles. The van der Waals surface area contributed by atoms with Gasteiger partial charge in [-0.15, -0.1) is 11.8 Å². The van der Waals surface area contributed by atoms with Crippen molar-refractivity contribution in [1.29, 1.82) is 0 Å². The fraction of sp³-hybridized carbons (Fsp3) is 0.333. The number of thioether (sulfide) groups is 1. The fourth-order valence-electron chi connectivity index (χ4n) is 4.26. The first-order valence-corrected chi connectivity index (χ1v) is 15.8. The van der Waals surface area contributed by atoms with E-state index in [1.165, 1.54) is 35.8 Å². The third kappa shape index (κ3) is 7.57. The summed E-state index contributed by atoms with van der Waals surface area (Å²) in [7, 11) is -2.61. The van der Waals surface area contributed by atoms with E-state index in [2.05, 4.69) is 5.32 Å². The van der Waals surface area contributed by atoms with Crippen LogP contribution in [0.2, 0.25) is 0 Å². The molecule has 40 heavy (non-hydrogen) atoms. The Morgan fingerprint density at radius 1 is 0.950 bits per heavy atom. The molecule has 1 N–H and O–H groups in total. The van der Waals surface area contributed by atoms with E-state index in [9.17, 15) is 18.0 Å². The largest absolute Gasteiger partial charge is 0.494 e. The molecule has 0 spiro atoms. The van der Waals surface area contributed by atoms with Gasteiger partial charge < -0.3 is 15.0 Å².